The number of hydrogen-bond acceptors (Lipinski definition) is 3. The normalized spacial score (nSPS) is 14.0. The molecule has 3 heteroatoms. The zero-order chi connectivity index (χ0) is 15.5. The smallest absolute Gasteiger partial charge is 0.119 e. The molecule has 0 aromatic heterocycles. The number of benzene rings is 2. The summed E-state index contributed by atoms with van der Waals surface area (Å²) in [7, 11) is 3.40. The molecular weight excluding hydrogens is 276 g/mol. The van der Waals surface area contributed by atoms with Crippen molar-refractivity contribution in [3.63, 3.8) is 0 Å². The Labute approximate surface area is 131 Å². The lowest BCUT2D eigenvalue weighted by molar-refractivity contribution is 0.281. The number of methoxy groups -OCH3 is 2. The van der Waals surface area contributed by atoms with Crippen molar-refractivity contribution in [2.24, 2.45) is 0 Å². The minimum absolute atomic E-state index is 0.182. The maximum atomic E-state index is 9.51. The van der Waals surface area contributed by atoms with Crippen molar-refractivity contribution in [1.82, 2.24) is 0 Å². The van der Waals surface area contributed by atoms with Crippen LogP contribution in [0.4, 0.5) is 0 Å². The van der Waals surface area contributed by atoms with Crippen molar-refractivity contribution in [2.45, 2.75) is 25.2 Å². The Bertz CT molecular complexity index is 608. The van der Waals surface area contributed by atoms with Crippen molar-refractivity contribution in [2.75, 3.05) is 20.8 Å². The average Bonchev–Trinajstić information content (AvgIpc) is 2.71. The lowest BCUT2D eigenvalue weighted by Crippen LogP contribution is -2.06. The molecule has 0 spiro atoms. The van der Waals surface area contributed by atoms with Crippen molar-refractivity contribution < 1.29 is 14.6 Å². The first-order valence-corrected chi connectivity index (χ1v) is 7.71. The van der Waals surface area contributed by atoms with Gasteiger partial charge in [0.15, 0.2) is 0 Å². The van der Waals surface area contributed by atoms with Crippen molar-refractivity contribution in [1.29, 1.82) is 0 Å². The van der Waals surface area contributed by atoms with Gasteiger partial charge >= 0.3 is 0 Å². The van der Waals surface area contributed by atoms with Crippen LogP contribution in [-0.2, 0) is 12.8 Å². The fourth-order valence-corrected chi connectivity index (χ4v) is 3.41. The van der Waals surface area contributed by atoms with E-state index < -0.39 is 0 Å². The Morgan fingerprint density at radius 3 is 1.82 bits per heavy atom. The maximum absolute atomic E-state index is 9.51. The van der Waals surface area contributed by atoms with Gasteiger partial charge < -0.3 is 14.6 Å². The number of rotatable bonds is 4. The third-order valence-electron chi connectivity index (χ3n) is 4.53. The summed E-state index contributed by atoms with van der Waals surface area (Å²) >= 11 is 0. The Kier molecular flexibility index (Phi) is 4.34. The highest BCUT2D eigenvalue weighted by Crippen LogP contribution is 2.38. The van der Waals surface area contributed by atoms with E-state index in [0.717, 1.165) is 30.8 Å². The van der Waals surface area contributed by atoms with Gasteiger partial charge in [-0.05, 0) is 65.8 Å². The summed E-state index contributed by atoms with van der Waals surface area (Å²) in [4.78, 5) is 0. The summed E-state index contributed by atoms with van der Waals surface area (Å²) in [6.07, 6.45) is 2.70. The molecule has 22 heavy (non-hydrogen) atoms. The van der Waals surface area contributed by atoms with E-state index in [1.54, 1.807) is 14.2 Å². The van der Waals surface area contributed by atoms with Crippen LogP contribution in [-0.4, -0.2) is 25.9 Å². The van der Waals surface area contributed by atoms with Crippen LogP contribution in [0, 0.1) is 0 Å². The van der Waals surface area contributed by atoms with Crippen LogP contribution < -0.4 is 9.47 Å². The topological polar surface area (TPSA) is 38.7 Å². The van der Waals surface area contributed by atoms with Crippen LogP contribution in [0.15, 0.2) is 36.4 Å². The van der Waals surface area contributed by atoms with E-state index in [-0.39, 0.29) is 12.5 Å². The van der Waals surface area contributed by atoms with Crippen LogP contribution in [0.5, 0.6) is 11.5 Å². The fourth-order valence-electron chi connectivity index (χ4n) is 3.41. The van der Waals surface area contributed by atoms with E-state index in [2.05, 4.69) is 24.3 Å². The lowest BCUT2D eigenvalue weighted by Gasteiger charge is -2.20. The van der Waals surface area contributed by atoms with Gasteiger partial charge in [0.1, 0.15) is 11.5 Å². The van der Waals surface area contributed by atoms with Gasteiger partial charge in [0.25, 0.3) is 0 Å². The highest BCUT2D eigenvalue weighted by Gasteiger charge is 2.24. The average molecular weight is 298 g/mol. The monoisotopic (exact) mass is 298 g/mol. The first-order valence-electron chi connectivity index (χ1n) is 7.71. The summed E-state index contributed by atoms with van der Waals surface area (Å²) in [6, 6.07) is 12.6. The van der Waals surface area contributed by atoms with Crippen LogP contribution in [0.1, 0.15) is 34.6 Å². The largest absolute Gasteiger partial charge is 0.497 e. The third-order valence-corrected chi connectivity index (χ3v) is 4.53. The molecule has 0 radical (unpaired) electrons. The second kappa shape index (κ2) is 6.41. The standard InChI is InChI=1S/C19H22O3/c1-21-15-5-7-17-13(11-15)3-4-14-12-16(22-2)6-8-18(14)19(17)9-10-20/h5-8,11-12,19-20H,3-4,9-10H2,1-2H3. The zero-order valence-electron chi connectivity index (χ0n) is 13.1. The number of ether oxygens (including phenoxy) is 2. The molecular formula is C19H22O3. The molecule has 3 rings (SSSR count). The Hall–Kier alpha value is -2.00. The van der Waals surface area contributed by atoms with Gasteiger partial charge in [-0.25, -0.2) is 0 Å². The van der Waals surface area contributed by atoms with Gasteiger partial charge in [-0.1, -0.05) is 12.1 Å². The van der Waals surface area contributed by atoms with Crippen LogP contribution in [0.3, 0.4) is 0 Å². The molecule has 1 N–H and O–H groups in total. The molecule has 0 saturated heterocycles. The highest BCUT2D eigenvalue weighted by molar-refractivity contribution is 5.49. The zero-order valence-corrected chi connectivity index (χ0v) is 13.1. The van der Waals surface area contributed by atoms with Gasteiger partial charge in [-0.15, -0.1) is 0 Å². The molecule has 3 nitrogen and oxygen atoms in total. The minimum atomic E-state index is 0.182. The van der Waals surface area contributed by atoms with Crippen LogP contribution in [0.25, 0.3) is 0 Å². The molecule has 1 aliphatic carbocycles. The molecule has 0 atom stereocenters. The molecule has 0 bridgehead atoms. The second-order valence-corrected chi connectivity index (χ2v) is 5.69. The summed E-state index contributed by atoms with van der Waals surface area (Å²) in [6.45, 7) is 0.182. The highest BCUT2D eigenvalue weighted by atomic mass is 16.5. The van der Waals surface area contributed by atoms with Gasteiger partial charge in [0.05, 0.1) is 14.2 Å². The summed E-state index contributed by atoms with van der Waals surface area (Å²) < 4.78 is 10.7. The quantitative estimate of drug-likeness (QED) is 0.941. The molecule has 0 aliphatic heterocycles. The van der Waals surface area contributed by atoms with E-state index in [9.17, 15) is 5.11 Å². The van der Waals surface area contributed by atoms with Crippen LogP contribution >= 0.6 is 0 Å². The Balaban J connectivity index is 2.10. The predicted molar refractivity (Wildman–Crippen MR) is 86.9 cm³/mol. The molecule has 0 unspecified atom stereocenters. The predicted octanol–water partition coefficient (Wildman–Crippen LogP) is 3.32. The molecule has 2 aromatic carbocycles. The minimum Gasteiger partial charge on any atom is -0.497 e. The van der Waals surface area contributed by atoms with E-state index in [0.29, 0.717) is 0 Å². The number of aryl methyl sites for hydroxylation is 2. The third kappa shape index (κ3) is 2.69. The Morgan fingerprint density at radius 1 is 0.909 bits per heavy atom. The van der Waals surface area contributed by atoms with E-state index in [1.807, 2.05) is 12.1 Å². The van der Waals surface area contributed by atoms with Gasteiger partial charge in [-0.2, -0.15) is 0 Å². The van der Waals surface area contributed by atoms with E-state index >= 15 is 0 Å². The van der Waals surface area contributed by atoms with Crippen molar-refractivity contribution >= 4 is 0 Å². The Morgan fingerprint density at radius 2 is 1.41 bits per heavy atom. The van der Waals surface area contributed by atoms with E-state index in [4.69, 9.17) is 9.47 Å². The second-order valence-electron chi connectivity index (χ2n) is 5.69. The molecule has 2 aromatic rings. The SMILES string of the molecule is COc1ccc2c(c1)CCc1cc(OC)ccc1C2CCO. The van der Waals surface area contributed by atoms with Gasteiger partial charge in [0, 0.05) is 12.5 Å². The molecule has 1 aliphatic rings. The fraction of sp³-hybridized carbons (Fsp3) is 0.368. The number of hydrogen-bond donors (Lipinski definition) is 1. The molecule has 0 amide bonds. The molecule has 0 fully saturated rings. The summed E-state index contributed by atoms with van der Waals surface area (Å²) in [5, 5.41) is 9.51. The first kappa shape index (κ1) is 14.9. The number of aliphatic hydroxyl groups excluding tert-OH is 1. The number of fused-ring (bicyclic) bond motifs is 2. The van der Waals surface area contributed by atoms with E-state index in [1.165, 1.54) is 22.3 Å². The summed E-state index contributed by atoms with van der Waals surface area (Å²) in [5.74, 6) is 2.02. The maximum Gasteiger partial charge on any atom is 0.119 e. The van der Waals surface area contributed by atoms with Gasteiger partial charge in [0.2, 0.25) is 0 Å². The number of aliphatic hydroxyl groups is 1. The lowest BCUT2D eigenvalue weighted by atomic mass is 9.86. The van der Waals surface area contributed by atoms with Crippen molar-refractivity contribution in [3.05, 3.63) is 58.7 Å². The summed E-state index contributed by atoms with van der Waals surface area (Å²) in [5.41, 5.74) is 5.23. The van der Waals surface area contributed by atoms with Crippen molar-refractivity contribution in [3.8, 4) is 11.5 Å². The first-order chi connectivity index (χ1) is 10.8. The molecule has 116 valence electrons. The molecule has 0 heterocycles. The van der Waals surface area contributed by atoms with Gasteiger partial charge in [-0.3, -0.25) is 0 Å². The molecule has 0 saturated carbocycles. The van der Waals surface area contributed by atoms with Crippen LogP contribution in [0.2, 0.25) is 0 Å².